The molecule has 0 amide bonds. The Morgan fingerprint density at radius 1 is 0.950 bits per heavy atom. The Hall–Kier alpha value is -3.61. The van der Waals surface area contributed by atoms with Crippen LogP contribution in [0.2, 0.25) is 0 Å². The van der Waals surface area contributed by atoms with Crippen molar-refractivity contribution in [1.82, 2.24) is 9.80 Å². The summed E-state index contributed by atoms with van der Waals surface area (Å²) in [5, 5.41) is 0.548. The van der Waals surface area contributed by atoms with Crippen molar-refractivity contribution in [3.8, 4) is 22.6 Å². The monoisotopic (exact) mass is 540 g/mol. The van der Waals surface area contributed by atoms with Crippen LogP contribution in [0, 0.1) is 6.92 Å². The van der Waals surface area contributed by atoms with Gasteiger partial charge in [0.05, 0.1) is 24.7 Å². The van der Waals surface area contributed by atoms with Gasteiger partial charge in [0.25, 0.3) is 0 Å². The summed E-state index contributed by atoms with van der Waals surface area (Å²) in [5.41, 5.74) is 4.54. The van der Waals surface area contributed by atoms with Crippen LogP contribution in [-0.2, 0) is 6.54 Å². The molecule has 0 spiro atoms. The first kappa shape index (κ1) is 27.9. The number of nitrogens with zero attached hydrogens (tertiary/aromatic N) is 2. The molecule has 4 aromatic rings. The van der Waals surface area contributed by atoms with Crippen molar-refractivity contribution in [1.29, 1.82) is 0 Å². The van der Waals surface area contributed by atoms with Crippen LogP contribution in [0.5, 0.6) is 11.5 Å². The SMILES string of the molecule is COc1ccc(-c2coc3cc(OCCCCN(C)C4CCN(Cc5ccc(C)cc5)CC4)ccc3c2=O)cc1. The van der Waals surface area contributed by atoms with E-state index < -0.39 is 0 Å². The molecule has 40 heavy (non-hydrogen) atoms. The highest BCUT2D eigenvalue weighted by Gasteiger charge is 2.22. The number of piperidine rings is 1. The van der Waals surface area contributed by atoms with Crippen LogP contribution in [0.15, 0.2) is 82.2 Å². The van der Waals surface area contributed by atoms with E-state index in [1.54, 1.807) is 13.2 Å². The van der Waals surface area contributed by atoms with Gasteiger partial charge in [-0.2, -0.15) is 0 Å². The average Bonchev–Trinajstić information content (AvgIpc) is 2.99. The summed E-state index contributed by atoms with van der Waals surface area (Å²) < 4.78 is 17.0. The van der Waals surface area contributed by atoms with E-state index in [1.807, 2.05) is 36.4 Å². The van der Waals surface area contributed by atoms with E-state index >= 15 is 0 Å². The van der Waals surface area contributed by atoms with E-state index in [0.29, 0.717) is 29.2 Å². The number of hydrogen-bond acceptors (Lipinski definition) is 6. The lowest BCUT2D eigenvalue weighted by atomic mass is 10.0. The number of rotatable bonds is 11. The molecule has 5 rings (SSSR count). The number of hydrogen-bond donors (Lipinski definition) is 0. The third kappa shape index (κ3) is 6.93. The second-order valence-corrected chi connectivity index (χ2v) is 10.9. The van der Waals surface area contributed by atoms with Gasteiger partial charge in [0, 0.05) is 18.7 Å². The maximum atomic E-state index is 13.1. The number of methoxy groups -OCH3 is 1. The number of aryl methyl sites for hydroxylation is 1. The fraction of sp³-hybridized carbons (Fsp3) is 0.382. The van der Waals surface area contributed by atoms with Crippen LogP contribution in [0.1, 0.15) is 36.8 Å². The minimum absolute atomic E-state index is 0.0537. The van der Waals surface area contributed by atoms with E-state index in [1.165, 1.54) is 30.2 Å². The second-order valence-electron chi connectivity index (χ2n) is 10.9. The van der Waals surface area contributed by atoms with E-state index in [4.69, 9.17) is 13.9 Å². The van der Waals surface area contributed by atoms with Crippen LogP contribution >= 0.6 is 0 Å². The van der Waals surface area contributed by atoms with Gasteiger partial charge in [-0.05, 0) is 94.7 Å². The van der Waals surface area contributed by atoms with Crippen molar-refractivity contribution in [2.24, 2.45) is 0 Å². The Kier molecular flexibility index (Phi) is 9.19. The zero-order valence-electron chi connectivity index (χ0n) is 23.9. The predicted octanol–water partition coefficient (Wildman–Crippen LogP) is 6.53. The predicted molar refractivity (Wildman–Crippen MR) is 161 cm³/mol. The van der Waals surface area contributed by atoms with Crippen LogP contribution in [-0.4, -0.2) is 56.2 Å². The van der Waals surface area contributed by atoms with E-state index in [-0.39, 0.29) is 5.43 Å². The third-order valence-corrected chi connectivity index (χ3v) is 8.03. The molecule has 6 nitrogen and oxygen atoms in total. The summed E-state index contributed by atoms with van der Waals surface area (Å²) in [6.07, 6.45) is 6.05. The van der Waals surface area contributed by atoms with Crippen molar-refractivity contribution < 1.29 is 13.9 Å². The zero-order chi connectivity index (χ0) is 27.9. The Morgan fingerprint density at radius 3 is 2.40 bits per heavy atom. The smallest absolute Gasteiger partial charge is 0.200 e. The van der Waals surface area contributed by atoms with Gasteiger partial charge in [-0.1, -0.05) is 42.0 Å². The quantitative estimate of drug-likeness (QED) is 0.202. The summed E-state index contributed by atoms with van der Waals surface area (Å²) in [4.78, 5) is 18.2. The lowest BCUT2D eigenvalue weighted by Gasteiger charge is -2.36. The van der Waals surface area contributed by atoms with Crippen molar-refractivity contribution in [3.63, 3.8) is 0 Å². The first-order valence-corrected chi connectivity index (χ1v) is 14.3. The van der Waals surface area contributed by atoms with Crippen molar-refractivity contribution in [2.75, 3.05) is 40.4 Å². The molecule has 3 aromatic carbocycles. The van der Waals surface area contributed by atoms with Crippen LogP contribution < -0.4 is 14.9 Å². The maximum absolute atomic E-state index is 13.1. The Labute approximate surface area is 237 Å². The third-order valence-electron chi connectivity index (χ3n) is 8.03. The summed E-state index contributed by atoms with van der Waals surface area (Å²) in [5.74, 6) is 1.47. The standard InChI is InChI=1S/C34H40N2O4/c1-25-6-8-26(9-7-25)23-36-19-16-28(17-20-36)35(2)18-4-5-21-39-30-14-15-31-33(22-30)40-24-32(34(31)37)27-10-12-29(38-3)13-11-27/h6-15,22,24,28H,4-5,16-21,23H2,1-3H3. The minimum Gasteiger partial charge on any atom is -0.497 e. The number of benzene rings is 3. The van der Waals surface area contributed by atoms with Gasteiger partial charge in [0.2, 0.25) is 0 Å². The van der Waals surface area contributed by atoms with Crippen LogP contribution in [0.4, 0.5) is 0 Å². The molecule has 1 aromatic heterocycles. The fourth-order valence-corrected chi connectivity index (χ4v) is 5.47. The van der Waals surface area contributed by atoms with E-state index in [2.05, 4.69) is 48.0 Å². The van der Waals surface area contributed by atoms with Gasteiger partial charge in [0.15, 0.2) is 5.43 Å². The second kappa shape index (κ2) is 13.2. The van der Waals surface area contributed by atoms with E-state index in [0.717, 1.165) is 56.1 Å². The minimum atomic E-state index is -0.0537. The van der Waals surface area contributed by atoms with Gasteiger partial charge in [-0.3, -0.25) is 9.69 Å². The number of unbranched alkanes of at least 4 members (excludes halogenated alkanes) is 1. The van der Waals surface area contributed by atoms with Gasteiger partial charge in [0.1, 0.15) is 23.3 Å². The highest BCUT2D eigenvalue weighted by atomic mass is 16.5. The summed E-state index contributed by atoms with van der Waals surface area (Å²) >= 11 is 0. The molecule has 210 valence electrons. The van der Waals surface area contributed by atoms with Crippen molar-refractivity contribution in [3.05, 3.63) is 94.3 Å². The van der Waals surface area contributed by atoms with Crippen LogP contribution in [0.3, 0.4) is 0 Å². The molecule has 0 atom stereocenters. The summed E-state index contributed by atoms with van der Waals surface area (Å²) in [6, 6.07) is 22.4. The summed E-state index contributed by atoms with van der Waals surface area (Å²) in [7, 11) is 3.88. The molecule has 0 radical (unpaired) electrons. The zero-order valence-corrected chi connectivity index (χ0v) is 23.9. The molecule has 1 fully saturated rings. The molecule has 0 bridgehead atoms. The summed E-state index contributed by atoms with van der Waals surface area (Å²) in [6.45, 7) is 7.23. The highest BCUT2D eigenvalue weighted by molar-refractivity contribution is 5.82. The van der Waals surface area contributed by atoms with Crippen LogP contribution in [0.25, 0.3) is 22.1 Å². The lowest BCUT2D eigenvalue weighted by molar-refractivity contribution is 0.121. The lowest BCUT2D eigenvalue weighted by Crippen LogP contribution is -2.43. The molecule has 2 heterocycles. The van der Waals surface area contributed by atoms with Crippen molar-refractivity contribution in [2.45, 2.75) is 45.2 Å². The molecule has 0 N–H and O–H groups in total. The maximum Gasteiger partial charge on any atom is 0.200 e. The largest absolute Gasteiger partial charge is 0.497 e. The number of ether oxygens (including phenoxy) is 2. The molecule has 1 aliphatic heterocycles. The van der Waals surface area contributed by atoms with Gasteiger partial charge in [-0.25, -0.2) is 0 Å². The fourth-order valence-electron chi connectivity index (χ4n) is 5.47. The van der Waals surface area contributed by atoms with E-state index in [9.17, 15) is 4.79 Å². The molecule has 6 heteroatoms. The average molecular weight is 541 g/mol. The molecule has 0 unspecified atom stereocenters. The highest BCUT2D eigenvalue weighted by Crippen LogP contribution is 2.25. The van der Waals surface area contributed by atoms with Crippen molar-refractivity contribution >= 4 is 11.0 Å². The molecular formula is C34H40N2O4. The number of fused-ring (bicyclic) bond motifs is 1. The molecule has 1 aliphatic rings. The van der Waals surface area contributed by atoms with Gasteiger partial charge >= 0.3 is 0 Å². The first-order chi connectivity index (χ1) is 19.5. The normalized spacial score (nSPS) is 14.6. The van der Waals surface area contributed by atoms with Gasteiger partial charge in [-0.15, -0.1) is 0 Å². The molecular weight excluding hydrogens is 500 g/mol. The Bertz CT molecular complexity index is 1440. The first-order valence-electron chi connectivity index (χ1n) is 14.3. The number of likely N-dealkylation sites (tertiary alicyclic amines) is 1. The van der Waals surface area contributed by atoms with Gasteiger partial charge < -0.3 is 18.8 Å². The molecule has 1 saturated heterocycles. The Balaban J connectivity index is 1.05. The Morgan fingerprint density at radius 2 is 1.68 bits per heavy atom. The molecule has 0 saturated carbocycles. The molecule has 0 aliphatic carbocycles. The topological polar surface area (TPSA) is 55.2 Å².